The van der Waals surface area contributed by atoms with Gasteiger partial charge in [-0.25, -0.2) is 4.39 Å². The summed E-state index contributed by atoms with van der Waals surface area (Å²) < 4.78 is 13.2. The van der Waals surface area contributed by atoms with Crippen LogP contribution in [-0.2, 0) is 13.0 Å². The number of guanidine groups is 1. The summed E-state index contributed by atoms with van der Waals surface area (Å²) in [7, 11) is 3.86. The van der Waals surface area contributed by atoms with Crippen molar-refractivity contribution < 1.29 is 4.39 Å². The highest BCUT2D eigenvalue weighted by molar-refractivity contribution is 14.0. The number of benzene rings is 2. The maximum atomic E-state index is 13.2. The SMILES string of the molecule is CN=C(NCCc1cccc(F)c1)NCCN(C)Cc1ccccc1.I. The Morgan fingerprint density at radius 1 is 1.00 bits per heavy atom. The number of likely N-dealkylation sites (N-methyl/N-ethyl adjacent to an activating group) is 1. The summed E-state index contributed by atoms with van der Waals surface area (Å²) in [4.78, 5) is 6.49. The minimum atomic E-state index is -0.193. The first-order chi connectivity index (χ1) is 12.2. The third-order valence-corrected chi connectivity index (χ3v) is 3.90. The molecule has 2 aromatic carbocycles. The Labute approximate surface area is 172 Å². The molecule has 2 rings (SSSR count). The second kappa shape index (κ2) is 12.6. The van der Waals surface area contributed by atoms with Crippen LogP contribution in [0.2, 0.25) is 0 Å². The van der Waals surface area contributed by atoms with Gasteiger partial charge in [-0.2, -0.15) is 0 Å². The molecular formula is C20H28FIN4. The van der Waals surface area contributed by atoms with Crippen LogP contribution >= 0.6 is 24.0 Å². The van der Waals surface area contributed by atoms with E-state index in [1.54, 1.807) is 19.2 Å². The lowest BCUT2D eigenvalue weighted by atomic mass is 10.1. The van der Waals surface area contributed by atoms with Crippen molar-refractivity contribution in [3.8, 4) is 0 Å². The Bertz CT molecular complexity index is 664. The molecule has 0 fully saturated rings. The minimum Gasteiger partial charge on any atom is -0.356 e. The van der Waals surface area contributed by atoms with Crippen LogP contribution in [0.3, 0.4) is 0 Å². The summed E-state index contributed by atoms with van der Waals surface area (Å²) >= 11 is 0. The van der Waals surface area contributed by atoms with Crippen LogP contribution < -0.4 is 10.6 Å². The molecule has 6 heteroatoms. The van der Waals surface area contributed by atoms with Crippen molar-refractivity contribution in [3.63, 3.8) is 0 Å². The molecule has 142 valence electrons. The monoisotopic (exact) mass is 470 g/mol. The molecular weight excluding hydrogens is 442 g/mol. The van der Waals surface area contributed by atoms with E-state index in [9.17, 15) is 4.39 Å². The molecule has 0 unspecified atom stereocenters. The summed E-state index contributed by atoms with van der Waals surface area (Å²) in [6.07, 6.45) is 0.756. The van der Waals surface area contributed by atoms with Crippen LogP contribution in [0.15, 0.2) is 59.6 Å². The molecule has 0 saturated carbocycles. The molecule has 0 saturated heterocycles. The molecule has 0 aromatic heterocycles. The van der Waals surface area contributed by atoms with Gasteiger partial charge in [0.1, 0.15) is 5.82 Å². The van der Waals surface area contributed by atoms with E-state index in [0.717, 1.165) is 37.6 Å². The van der Waals surface area contributed by atoms with Gasteiger partial charge in [0.25, 0.3) is 0 Å². The maximum absolute atomic E-state index is 13.2. The second-order valence-electron chi connectivity index (χ2n) is 6.03. The van der Waals surface area contributed by atoms with Crippen LogP contribution in [0.4, 0.5) is 4.39 Å². The van der Waals surface area contributed by atoms with Crippen LogP contribution in [0.5, 0.6) is 0 Å². The fourth-order valence-corrected chi connectivity index (χ4v) is 2.58. The minimum absolute atomic E-state index is 0. The van der Waals surface area contributed by atoms with E-state index in [2.05, 4.69) is 51.8 Å². The number of rotatable bonds is 8. The highest BCUT2D eigenvalue weighted by Gasteiger charge is 2.02. The van der Waals surface area contributed by atoms with E-state index >= 15 is 0 Å². The number of halogens is 2. The highest BCUT2D eigenvalue weighted by Crippen LogP contribution is 2.03. The smallest absolute Gasteiger partial charge is 0.191 e. The van der Waals surface area contributed by atoms with Gasteiger partial charge in [0.2, 0.25) is 0 Å². The lowest BCUT2D eigenvalue weighted by Gasteiger charge is -2.18. The van der Waals surface area contributed by atoms with Gasteiger partial charge in [0.15, 0.2) is 5.96 Å². The standard InChI is InChI=1S/C20H27FN4.HI/c1-22-20(23-12-11-17-9-6-10-19(21)15-17)24-13-14-25(2)16-18-7-4-3-5-8-18;/h3-10,15H,11-14,16H2,1-2H3,(H2,22,23,24);1H. The summed E-state index contributed by atoms with van der Waals surface area (Å²) in [5.74, 6) is 0.575. The Kier molecular flexibility index (Phi) is 10.9. The molecule has 2 N–H and O–H groups in total. The zero-order valence-electron chi connectivity index (χ0n) is 15.4. The van der Waals surface area contributed by atoms with E-state index in [1.165, 1.54) is 11.6 Å². The average molecular weight is 470 g/mol. The summed E-state index contributed by atoms with van der Waals surface area (Å²) in [6.45, 7) is 3.36. The molecule has 0 atom stereocenters. The fourth-order valence-electron chi connectivity index (χ4n) is 2.58. The van der Waals surface area contributed by atoms with Gasteiger partial charge in [-0.15, -0.1) is 24.0 Å². The number of hydrogen-bond acceptors (Lipinski definition) is 2. The van der Waals surface area contributed by atoms with Crippen molar-refractivity contribution in [1.29, 1.82) is 0 Å². The molecule has 0 aliphatic rings. The Hall–Kier alpha value is -1.67. The van der Waals surface area contributed by atoms with Crippen LogP contribution in [-0.4, -0.2) is 44.6 Å². The number of nitrogens with zero attached hydrogens (tertiary/aromatic N) is 2. The third-order valence-electron chi connectivity index (χ3n) is 3.90. The number of aliphatic imine (C=N–C) groups is 1. The van der Waals surface area contributed by atoms with E-state index in [1.807, 2.05) is 12.1 Å². The molecule has 0 aliphatic carbocycles. The van der Waals surface area contributed by atoms with Crippen molar-refractivity contribution >= 4 is 29.9 Å². The normalized spacial score (nSPS) is 11.2. The summed E-state index contributed by atoms with van der Waals surface area (Å²) in [5, 5.41) is 6.57. The van der Waals surface area contributed by atoms with Gasteiger partial charge < -0.3 is 15.5 Å². The Morgan fingerprint density at radius 2 is 1.69 bits per heavy atom. The lowest BCUT2D eigenvalue weighted by Crippen LogP contribution is -2.41. The maximum Gasteiger partial charge on any atom is 0.191 e. The van der Waals surface area contributed by atoms with Gasteiger partial charge in [-0.05, 0) is 36.7 Å². The van der Waals surface area contributed by atoms with E-state index in [-0.39, 0.29) is 29.8 Å². The predicted molar refractivity (Wildman–Crippen MR) is 118 cm³/mol. The molecule has 0 amide bonds. The van der Waals surface area contributed by atoms with Crippen molar-refractivity contribution in [3.05, 3.63) is 71.5 Å². The topological polar surface area (TPSA) is 39.7 Å². The van der Waals surface area contributed by atoms with Crippen LogP contribution in [0, 0.1) is 5.82 Å². The Morgan fingerprint density at radius 3 is 2.38 bits per heavy atom. The fraction of sp³-hybridized carbons (Fsp3) is 0.350. The molecule has 26 heavy (non-hydrogen) atoms. The van der Waals surface area contributed by atoms with Gasteiger partial charge in [0.05, 0.1) is 0 Å². The first kappa shape index (κ1) is 22.4. The van der Waals surface area contributed by atoms with Gasteiger partial charge >= 0.3 is 0 Å². The lowest BCUT2D eigenvalue weighted by molar-refractivity contribution is 0.331. The zero-order chi connectivity index (χ0) is 17.9. The van der Waals surface area contributed by atoms with Gasteiger partial charge in [0, 0.05) is 33.2 Å². The van der Waals surface area contributed by atoms with E-state index in [4.69, 9.17) is 0 Å². The molecule has 0 heterocycles. The molecule has 4 nitrogen and oxygen atoms in total. The van der Waals surface area contributed by atoms with E-state index < -0.39 is 0 Å². The summed E-state index contributed by atoms with van der Waals surface area (Å²) in [6, 6.07) is 17.1. The third kappa shape index (κ3) is 8.62. The number of nitrogens with one attached hydrogen (secondary N) is 2. The molecule has 0 aliphatic heterocycles. The van der Waals surface area contributed by atoms with Crippen molar-refractivity contribution in [1.82, 2.24) is 15.5 Å². The van der Waals surface area contributed by atoms with Crippen LogP contribution in [0.25, 0.3) is 0 Å². The molecule has 2 aromatic rings. The second-order valence-corrected chi connectivity index (χ2v) is 6.03. The average Bonchev–Trinajstić information content (AvgIpc) is 2.61. The highest BCUT2D eigenvalue weighted by atomic mass is 127. The van der Waals surface area contributed by atoms with E-state index in [0.29, 0.717) is 6.54 Å². The predicted octanol–water partition coefficient (Wildman–Crippen LogP) is 3.28. The zero-order valence-corrected chi connectivity index (χ0v) is 17.7. The molecule has 0 radical (unpaired) electrons. The van der Waals surface area contributed by atoms with Crippen LogP contribution in [0.1, 0.15) is 11.1 Å². The number of hydrogen-bond donors (Lipinski definition) is 2. The molecule has 0 spiro atoms. The first-order valence-electron chi connectivity index (χ1n) is 8.59. The van der Waals surface area contributed by atoms with Crippen molar-refractivity contribution in [2.24, 2.45) is 4.99 Å². The molecule has 0 bridgehead atoms. The Balaban J connectivity index is 0.00000338. The largest absolute Gasteiger partial charge is 0.356 e. The van der Waals surface area contributed by atoms with Crippen molar-refractivity contribution in [2.45, 2.75) is 13.0 Å². The van der Waals surface area contributed by atoms with Gasteiger partial charge in [-0.3, -0.25) is 4.99 Å². The summed E-state index contributed by atoms with van der Waals surface area (Å²) in [5.41, 5.74) is 2.29. The van der Waals surface area contributed by atoms with Gasteiger partial charge in [-0.1, -0.05) is 42.5 Å². The van der Waals surface area contributed by atoms with Crippen molar-refractivity contribution in [2.75, 3.05) is 33.7 Å². The first-order valence-corrected chi connectivity index (χ1v) is 8.59. The quantitative estimate of drug-likeness (QED) is 0.354.